The zero-order valence-electron chi connectivity index (χ0n) is 10.1. The number of nitrogens with zero attached hydrogens (tertiary/aromatic N) is 1. The number of anilines is 1. The number of benzene rings is 1. The van der Waals surface area contributed by atoms with Gasteiger partial charge >= 0.3 is 0 Å². The van der Waals surface area contributed by atoms with Crippen LogP contribution >= 0.6 is 23.2 Å². The van der Waals surface area contributed by atoms with Crippen LogP contribution in [-0.2, 0) is 9.47 Å². The lowest BCUT2D eigenvalue weighted by Gasteiger charge is -2.25. The first-order valence-corrected chi connectivity index (χ1v) is 6.30. The van der Waals surface area contributed by atoms with E-state index in [2.05, 4.69) is 0 Å². The molecule has 0 N–H and O–H groups in total. The van der Waals surface area contributed by atoms with Crippen LogP contribution in [0.4, 0.5) is 5.69 Å². The van der Waals surface area contributed by atoms with E-state index in [9.17, 15) is 0 Å². The largest absolute Gasteiger partial charge is 0.361 e. The molecule has 0 aliphatic heterocycles. The highest BCUT2D eigenvalue weighted by molar-refractivity contribution is 6.35. The van der Waals surface area contributed by atoms with Gasteiger partial charge in [0.25, 0.3) is 0 Å². The number of rotatable bonds is 7. The highest BCUT2D eigenvalue weighted by Crippen LogP contribution is 2.28. The fourth-order valence-corrected chi connectivity index (χ4v) is 1.71. The molecule has 96 valence electrons. The van der Waals surface area contributed by atoms with E-state index in [0.717, 1.165) is 5.69 Å². The molecule has 0 spiro atoms. The first-order valence-electron chi connectivity index (χ1n) is 5.54. The van der Waals surface area contributed by atoms with E-state index in [1.807, 2.05) is 24.8 Å². The third kappa shape index (κ3) is 4.72. The number of hydrogen-bond acceptors (Lipinski definition) is 3. The summed E-state index contributed by atoms with van der Waals surface area (Å²) in [6.07, 6.45) is 0. The molecule has 0 aliphatic carbocycles. The average Bonchev–Trinajstić information content (AvgIpc) is 2.33. The molecule has 1 aromatic rings. The predicted molar refractivity (Wildman–Crippen MR) is 71.9 cm³/mol. The highest BCUT2D eigenvalue weighted by Gasteiger charge is 2.11. The second-order valence-corrected chi connectivity index (χ2v) is 4.22. The van der Waals surface area contributed by atoms with E-state index >= 15 is 0 Å². The van der Waals surface area contributed by atoms with Gasteiger partial charge in [-0.1, -0.05) is 23.2 Å². The van der Waals surface area contributed by atoms with Crippen molar-refractivity contribution in [3.05, 3.63) is 28.2 Å². The minimum atomic E-state index is 0.427. The molecule has 0 unspecified atom stereocenters. The van der Waals surface area contributed by atoms with Crippen molar-refractivity contribution in [2.24, 2.45) is 0 Å². The average molecular weight is 278 g/mol. The Hall–Kier alpha value is -0.480. The molecule has 0 radical (unpaired) electrons. The van der Waals surface area contributed by atoms with Gasteiger partial charge in [0.1, 0.15) is 13.5 Å². The van der Waals surface area contributed by atoms with Crippen molar-refractivity contribution in [3.63, 3.8) is 0 Å². The van der Waals surface area contributed by atoms with Crippen LogP contribution in [0.25, 0.3) is 0 Å². The third-order valence-electron chi connectivity index (χ3n) is 2.15. The maximum absolute atomic E-state index is 6.14. The van der Waals surface area contributed by atoms with E-state index in [1.165, 1.54) is 0 Å². The Kier molecular flexibility index (Phi) is 6.66. The zero-order chi connectivity index (χ0) is 12.7. The summed E-state index contributed by atoms with van der Waals surface area (Å²) in [5.41, 5.74) is 0.820. The lowest BCUT2D eigenvalue weighted by atomic mass is 10.3. The van der Waals surface area contributed by atoms with E-state index in [-0.39, 0.29) is 0 Å². The Morgan fingerprint density at radius 2 is 1.65 bits per heavy atom. The molecule has 17 heavy (non-hydrogen) atoms. The number of halogens is 2. The molecule has 5 heteroatoms. The molecule has 0 saturated heterocycles. The summed E-state index contributed by atoms with van der Waals surface area (Å²) in [6, 6.07) is 5.33. The van der Waals surface area contributed by atoms with Crippen molar-refractivity contribution >= 4 is 28.9 Å². The highest BCUT2D eigenvalue weighted by atomic mass is 35.5. The van der Waals surface area contributed by atoms with Crippen LogP contribution in [0.2, 0.25) is 10.0 Å². The molecule has 0 aliphatic rings. The molecule has 0 aromatic heterocycles. The Balaban J connectivity index is 2.82. The molecule has 0 fully saturated rings. The summed E-state index contributed by atoms with van der Waals surface area (Å²) in [5, 5.41) is 1.27. The van der Waals surface area contributed by atoms with Gasteiger partial charge in [-0.25, -0.2) is 0 Å². The molecule has 1 aromatic carbocycles. The lowest BCUT2D eigenvalue weighted by molar-refractivity contribution is 0.0960. The summed E-state index contributed by atoms with van der Waals surface area (Å²) >= 11 is 12.1. The van der Waals surface area contributed by atoms with Gasteiger partial charge in [0.15, 0.2) is 0 Å². The second-order valence-electron chi connectivity index (χ2n) is 3.38. The van der Waals surface area contributed by atoms with E-state index in [0.29, 0.717) is 36.7 Å². The smallest absolute Gasteiger partial charge is 0.120 e. The van der Waals surface area contributed by atoms with Crippen LogP contribution in [0.1, 0.15) is 13.8 Å². The summed E-state index contributed by atoms with van der Waals surface area (Å²) in [7, 11) is 0. The van der Waals surface area contributed by atoms with Gasteiger partial charge in [0.05, 0.1) is 10.7 Å². The van der Waals surface area contributed by atoms with E-state index in [1.54, 1.807) is 12.1 Å². The summed E-state index contributed by atoms with van der Waals surface area (Å²) in [5.74, 6) is 0. The standard InChI is InChI=1S/C12H17Cl2NO2/c1-3-16-8-15(9-17-4-2)12-7-10(13)5-6-11(12)14/h5-7H,3-4,8-9H2,1-2H3. The summed E-state index contributed by atoms with van der Waals surface area (Å²) in [6.45, 7) is 6.02. The number of ether oxygens (including phenoxy) is 2. The van der Waals surface area contributed by atoms with Crippen LogP contribution in [-0.4, -0.2) is 26.7 Å². The molecule has 0 amide bonds. The minimum absolute atomic E-state index is 0.427. The molecular weight excluding hydrogens is 261 g/mol. The molecule has 0 heterocycles. The molecule has 0 bridgehead atoms. The van der Waals surface area contributed by atoms with E-state index in [4.69, 9.17) is 32.7 Å². The maximum atomic E-state index is 6.14. The van der Waals surface area contributed by atoms with Gasteiger partial charge in [0.2, 0.25) is 0 Å². The minimum Gasteiger partial charge on any atom is -0.361 e. The van der Waals surface area contributed by atoms with Crippen LogP contribution in [0.3, 0.4) is 0 Å². The Morgan fingerprint density at radius 1 is 1.06 bits per heavy atom. The monoisotopic (exact) mass is 277 g/mol. The topological polar surface area (TPSA) is 21.7 Å². The van der Waals surface area contributed by atoms with Crippen LogP contribution in [0.15, 0.2) is 18.2 Å². The quantitative estimate of drug-likeness (QED) is 0.708. The van der Waals surface area contributed by atoms with E-state index < -0.39 is 0 Å². The molecule has 3 nitrogen and oxygen atoms in total. The van der Waals surface area contributed by atoms with Crippen LogP contribution in [0.5, 0.6) is 0 Å². The fourth-order valence-electron chi connectivity index (χ4n) is 1.31. The van der Waals surface area contributed by atoms with Gasteiger partial charge in [0, 0.05) is 18.2 Å². The normalized spacial score (nSPS) is 10.6. The van der Waals surface area contributed by atoms with Crippen molar-refractivity contribution < 1.29 is 9.47 Å². The van der Waals surface area contributed by atoms with Gasteiger partial charge in [-0.15, -0.1) is 0 Å². The maximum Gasteiger partial charge on any atom is 0.120 e. The summed E-state index contributed by atoms with van der Waals surface area (Å²) in [4.78, 5) is 1.90. The van der Waals surface area contributed by atoms with Crippen molar-refractivity contribution in [1.82, 2.24) is 0 Å². The van der Waals surface area contributed by atoms with Crippen molar-refractivity contribution in [1.29, 1.82) is 0 Å². The van der Waals surface area contributed by atoms with Gasteiger partial charge in [-0.3, -0.25) is 0 Å². The van der Waals surface area contributed by atoms with Crippen molar-refractivity contribution in [3.8, 4) is 0 Å². The molecule has 0 atom stereocenters. The van der Waals surface area contributed by atoms with Crippen molar-refractivity contribution in [2.75, 3.05) is 31.6 Å². The van der Waals surface area contributed by atoms with Crippen molar-refractivity contribution in [2.45, 2.75) is 13.8 Å². The molecule has 0 saturated carbocycles. The second kappa shape index (κ2) is 7.77. The fraction of sp³-hybridized carbons (Fsp3) is 0.500. The lowest BCUT2D eigenvalue weighted by Crippen LogP contribution is -2.29. The van der Waals surface area contributed by atoms with Gasteiger partial charge < -0.3 is 14.4 Å². The number of hydrogen-bond donors (Lipinski definition) is 0. The molecular formula is C12H17Cl2NO2. The molecule has 1 rings (SSSR count). The Morgan fingerprint density at radius 3 is 2.18 bits per heavy atom. The van der Waals surface area contributed by atoms with Crippen LogP contribution < -0.4 is 4.90 Å². The third-order valence-corrected chi connectivity index (χ3v) is 2.71. The van der Waals surface area contributed by atoms with Crippen LogP contribution in [0, 0.1) is 0 Å². The Bertz CT molecular complexity index is 339. The predicted octanol–water partition coefficient (Wildman–Crippen LogP) is 3.79. The van der Waals surface area contributed by atoms with Gasteiger partial charge in [-0.2, -0.15) is 0 Å². The SMILES string of the molecule is CCOCN(COCC)c1cc(Cl)ccc1Cl. The first kappa shape index (κ1) is 14.6. The Labute approximate surface area is 112 Å². The summed E-state index contributed by atoms with van der Waals surface area (Å²) < 4.78 is 10.8. The van der Waals surface area contributed by atoms with Gasteiger partial charge in [-0.05, 0) is 32.0 Å². The zero-order valence-corrected chi connectivity index (χ0v) is 11.6. The first-order chi connectivity index (χ1) is 8.19.